The number of carbonyl (C=O) groups excluding carboxylic acids is 2. The molecule has 0 heterocycles. The van der Waals surface area contributed by atoms with Crippen LogP contribution < -0.4 is 9.62 Å². The summed E-state index contributed by atoms with van der Waals surface area (Å²) in [5.74, 6) is -0.926. The molecule has 1 atom stereocenters. The molecule has 4 aromatic carbocycles. The van der Waals surface area contributed by atoms with Gasteiger partial charge < -0.3 is 10.2 Å². The van der Waals surface area contributed by atoms with Crippen molar-refractivity contribution in [2.75, 3.05) is 10.8 Å². The number of aryl methyl sites for hydroxylation is 2. The van der Waals surface area contributed by atoms with Crippen molar-refractivity contribution in [3.63, 3.8) is 0 Å². The van der Waals surface area contributed by atoms with Crippen molar-refractivity contribution in [2.45, 2.75) is 57.6 Å². The maximum absolute atomic E-state index is 14.5. The third-order valence-corrected chi connectivity index (χ3v) is 9.57. The minimum atomic E-state index is -4.30. The number of halogens is 2. The van der Waals surface area contributed by atoms with Gasteiger partial charge in [-0.1, -0.05) is 101 Å². The van der Waals surface area contributed by atoms with E-state index in [4.69, 9.17) is 23.2 Å². The summed E-state index contributed by atoms with van der Waals surface area (Å²) in [6.45, 7) is 6.96. The van der Waals surface area contributed by atoms with Crippen molar-refractivity contribution in [3.8, 4) is 0 Å². The van der Waals surface area contributed by atoms with E-state index in [1.54, 1.807) is 18.2 Å². The van der Waals surface area contributed by atoms with Crippen LogP contribution in [0.15, 0.2) is 102 Å². The molecule has 7 nitrogen and oxygen atoms in total. The number of rotatable bonds is 12. The summed E-state index contributed by atoms with van der Waals surface area (Å²) in [6.07, 6.45) is 0.222. The Kier molecular flexibility index (Phi) is 11.3. The highest BCUT2D eigenvalue weighted by Crippen LogP contribution is 2.33. The fourth-order valence-electron chi connectivity index (χ4n) is 4.85. The molecule has 4 rings (SSSR count). The molecule has 0 fully saturated rings. The maximum atomic E-state index is 14.5. The van der Waals surface area contributed by atoms with E-state index in [1.807, 2.05) is 82.3 Å². The highest BCUT2D eigenvalue weighted by Gasteiger charge is 2.35. The Balaban J connectivity index is 1.83. The summed E-state index contributed by atoms with van der Waals surface area (Å²) in [7, 11) is -4.30. The smallest absolute Gasteiger partial charge is 0.264 e. The molecule has 0 aliphatic heterocycles. The third-order valence-electron chi connectivity index (χ3n) is 7.24. The molecule has 0 bridgehead atoms. The molecule has 236 valence electrons. The number of hydrogen-bond acceptors (Lipinski definition) is 4. The summed E-state index contributed by atoms with van der Waals surface area (Å²) in [5.41, 5.74) is 3.62. The van der Waals surface area contributed by atoms with E-state index in [-0.39, 0.29) is 45.5 Å². The van der Waals surface area contributed by atoms with Crippen LogP contribution in [-0.2, 0) is 32.6 Å². The molecule has 0 spiro atoms. The number of benzene rings is 4. The molecule has 1 N–H and O–H groups in total. The minimum absolute atomic E-state index is 0.0135. The van der Waals surface area contributed by atoms with Gasteiger partial charge in [-0.25, -0.2) is 8.42 Å². The molecule has 0 aliphatic carbocycles. The summed E-state index contributed by atoms with van der Waals surface area (Å²) in [6, 6.07) is 26.7. The van der Waals surface area contributed by atoms with Crippen molar-refractivity contribution in [1.29, 1.82) is 0 Å². The predicted molar refractivity (Wildman–Crippen MR) is 181 cm³/mol. The van der Waals surface area contributed by atoms with Crippen LogP contribution in [0.5, 0.6) is 0 Å². The second-order valence-corrected chi connectivity index (χ2v) is 14.0. The molecular formula is C35H37Cl2N3O4S. The first-order valence-corrected chi connectivity index (χ1v) is 16.8. The Morgan fingerprint density at radius 1 is 0.800 bits per heavy atom. The number of hydrogen-bond donors (Lipinski definition) is 1. The first-order chi connectivity index (χ1) is 21.3. The Labute approximate surface area is 275 Å². The van der Waals surface area contributed by atoms with Crippen LogP contribution in [0.4, 0.5) is 5.69 Å². The van der Waals surface area contributed by atoms with Gasteiger partial charge in [0, 0.05) is 24.0 Å². The van der Waals surface area contributed by atoms with Crippen LogP contribution in [0.1, 0.15) is 36.1 Å². The lowest BCUT2D eigenvalue weighted by Crippen LogP contribution is -2.54. The number of nitrogens with one attached hydrogen (secondary N) is 1. The summed E-state index contributed by atoms with van der Waals surface area (Å²) in [4.78, 5) is 29.7. The van der Waals surface area contributed by atoms with Gasteiger partial charge >= 0.3 is 0 Å². The minimum Gasteiger partial charge on any atom is -0.352 e. The highest BCUT2D eigenvalue weighted by molar-refractivity contribution is 7.92. The van der Waals surface area contributed by atoms with E-state index >= 15 is 0 Å². The van der Waals surface area contributed by atoms with Gasteiger partial charge in [0.2, 0.25) is 11.8 Å². The zero-order valence-corrected chi connectivity index (χ0v) is 28.0. The van der Waals surface area contributed by atoms with Crippen molar-refractivity contribution in [1.82, 2.24) is 10.2 Å². The molecule has 0 saturated heterocycles. The van der Waals surface area contributed by atoms with E-state index in [9.17, 15) is 18.0 Å². The van der Waals surface area contributed by atoms with Crippen molar-refractivity contribution in [2.24, 2.45) is 0 Å². The maximum Gasteiger partial charge on any atom is 0.264 e. The van der Waals surface area contributed by atoms with Crippen LogP contribution in [0, 0.1) is 13.8 Å². The van der Waals surface area contributed by atoms with Crippen molar-refractivity contribution in [3.05, 3.63) is 129 Å². The average molecular weight is 667 g/mol. The number of amides is 2. The van der Waals surface area contributed by atoms with E-state index in [1.165, 1.54) is 29.2 Å². The number of sulfonamides is 1. The van der Waals surface area contributed by atoms with Crippen LogP contribution in [0.2, 0.25) is 10.0 Å². The predicted octanol–water partition coefficient (Wildman–Crippen LogP) is 6.97. The molecule has 4 aromatic rings. The van der Waals surface area contributed by atoms with E-state index in [0.29, 0.717) is 0 Å². The first kappa shape index (κ1) is 34.0. The van der Waals surface area contributed by atoms with Gasteiger partial charge in [-0.05, 0) is 69.2 Å². The average Bonchev–Trinajstić information content (AvgIpc) is 3.00. The quantitative estimate of drug-likeness (QED) is 0.177. The standard InChI is InChI=1S/C35H37Cl2N3O4S/c1-24(2)38-35(42)33(20-27-8-6-5-7-9-27)39(22-28-14-10-25(3)11-15-28)34(41)23-40(32-21-29(36)16-19-31(32)37)45(43,44)30-17-12-26(4)13-18-30/h5-19,21,24,33H,20,22-23H2,1-4H3,(H,38,42). The molecule has 2 amide bonds. The number of anilines is 1. The van der Waals surface area contributed by atoms with E-state index < -0.39 is 28.5 Å². The van der Waals surface area contributed by atoms with Gasteiger partial charge in [-0.2, -0.15) is 0 Å². The lowest BCUT2D eigenvalue weighted by Gasteiger charge is -2.34. The second-order valence-electron chi connectivity index (χ2n) is 11.3. The largest absolute Gasteiger partial charge is 0.352 e. The Bertz CT molecular complexity index is 1730. The van der Waals surface area contributed by atoms with Crippen LogP contribution in [0.25, 0.3) is 0 Å². The molecule has 1 unspecified atom stereocenters. The SMILES string of the molecule is Cc1ccc(CN(C(=O)CN(c2cc(Cl)ccc2Cl)S(=O)(=O)c2ccc(C)cc2)C(Cc2ccccc2)C(=O)NC(C)C)cc1. The van der Waals surface area contributed by atoms with E-state index in [2.05, 4.69) is 5.32 Å². The molecule has 10 heteroatoms. The summed E-state index contributed by atoms with van der Waals surface area (Å²) < 4.78 is 29.3. The Morgan fingerprint density at radius 2 is 1.40 bits per heavy atom. The zero-order chi connectivity index (χ0) is 32.7. The zero-order valence-electron chi connectivity index (χ0n) is 25.7. The normalized spacial score (nSPS) is 12.1. The van der Waals surface area contributed by atoms with Crippen molar-refractivity contribution < 1.29 is 18.0 Å². The molecule has 0 aliphatic rings. The fourth-order valence-corrected chi connectivity index (χ4v) is 6.71. The Morgan fingerprint density at radius 3 is 2.00 bits per heavy atom. The van der Waals surface area contributed by atoms with Crippen molar-refractivity contribution >= 4 is 50.7 Å². The fraction of sp³-hybridized carbons (Fsp3) is 0.257. The van der Waals surface area contributed by atoms with Crippen LogP contribution in [-0.4, -0.2) is 43.8 Å². The molecular weight excluding hydrogens is 629 g/mol. The lowest BCUT2D eigenvalue weighted by atomic mass is 10.0. The van der Waals surface area contributed by atoms with Gasteiger partial charge in [0.25, 0.3) is 10.0 Å². The molecule has 45 heavy (non-hydrogen) atoms. The number of nitrogens with zero attached hydrogens (tertiary/aromatic N) is 2. The summed E-state index contributed by atoms with van der Waals surface area (Å²) >= 11 is 12.8. The van der Waals surface area contributed by atoms with Gasteiger partial charge in [0.05, 0.1) is 15.6 Å². The second kappa shape index (κ2) is 15.0. The van der Waals surface area contributed by atoms with Crippen LogP contribution in [0.3, 0.4) is 0 Å². The van der Waals surface area contributed by atoms with Crippen LogP contribution >= 0.6 is 23.2 Å². The highest BCUT2D eigenvalue weighted by atomic mass is 35.5. The third kappa shape index (κ3) is 8.87. The van der Waals surface area contributed by atoms with Gasteiger partial charge in [0.15, 0.2) is 0 Å². The molecule has 0 saturated carbocycles. The van der Waals surface area contributed by atoms with E-state index in [0.717, 1.165) is 26.6 Å². The molecule has 0 radical (unpaired) electrons. The van der Waals surface area contributed by atoms with Gasteiger partial charge in [-0.3, -0.25) is 13.9 Å². The van der Waals surface area contributed by atoms with Gasteiger partial charge in [-0.15, -0.1) is 0 Å². The number of carbonyl (C=O) groups is 2. The molecule has 0 aromatic heterocycles. The monoisotopic (exact) mass is 665 g/mol. The lowest BCUT2D eigenvalue weighted by molar-refractivity contribution is -0.140. The Hall–Kier alpha value is -3.85. The first-order valence-electron chi connectivity index (χ1n) is 14.6. The van der Waals surface area contributed by atoms with Gasteiger partial charge in [0.1, 0.15) is 12.6 Å². The summed E-state index contributed by atoms with van der Waals surface area (Å²) in [5, 5.41) is 3.31. The topological polar surface area (TPSA) is 86.8 Å².